The quantitative estimate of drug-likeness (QED) is 0.611. The van der Waals surface area contributed by atoms with E-state index in [-0.39, 0.29) is 0 Å². The average molecular weight is 379 g/mol. The van der Waals surface area contributed by atoms with E-state index >= 15 is 0 Å². The molecule has 0 aliphatic heterocycles. The lowest BCUT2D eigenvalue weighted by Crippen LogP contribution is -2.22. The van der Waals surface area contributed by atoms with Crippen molar-refractivity contribution in [2.24, 2.45) is 0 Å². The van der Waals surface area contributed by atoms with Gasteiger partial charge in [-0.15, -0.1) is 0 Å². The molecule has 0 atom stereocenters. The first-order chi connectivity index (χ1) is 12.8. The zero-order valence-corrected chi connectivity index (χ0v) is 14.2. The van der Waals surface area contributed by atoms with Crippen molar-refractivity contribution >= 4 is 23.6 Å². The highest BCUT2D eigenvalue weighted by atomic mass is 19.4. The summed E-state index contributed by atoms with van der Waals surface area (Å²) in [4.78, 5) is 23.4. The van der Waals surface area contributed by atoms with Gasteiger partial charge in [0.05, 0.1) is 18.4 Å². The molecule has 0 fully saturated rings. The summed E-state index contributed by atoms with van der Waals surface area (Å²) in [5.41, 5.74) is -0.713. The summed E-state index contributed by atoms with van der Waals surface area (Å²) in [6.45, 7) is -0.715. The molecule has 2 aromatic carbocycles. The van der Waals surface area contributed by atoms with Gasteiger partial charge in [0.1, 0.15) is 5.75 Å². The van der Waals surface area contributed by atoms with Crippen molar-refractivity contribution in [1.82, 2.24) is 0 Å². The SMILES string of the molecule is COc1cccc(C=CC(=O)OCC(=O)Nc2ccccc2C(F)(F)F)c1. The Bertz CT molecular complexity index is 847. The molecule has 5 nitrogen and oxygen atoms in total. The smallest absolute Gasteiger partial charge is 0.418 e. The van der Waals surface area contributed by atoms with E-state index in [0.29, 0.717) is 11.3 Å². The molecule has 2 rings (SSSR count). The lowest BCUT2D eigenvalue weighted by atomic mass is 10.1. The number of ether oxygens (including phenoxy) is 2. The number of hydrogen-bond acceptors (Lipinski definition) is 4. The van der Waals surface area contributed by atoms with Crippen molar-refractivity contribution in [1.29, 1.82) is 0 Å². The third-order valence-corrected chi connectivity index (χ3v) is 3.36. The Balaban J connectivity index is 1.90. The second-order valence-electron chi connectivity index (χ2n) is 5.31. The number of alkyl halides is 3. The van der Waals surface area contributed by atoms with E-state index in [1.54, 1.807) is 24.3 Å². The van der Waals surface area contributed by atoms with Gasteiger partial charge >= 0.3 is 12.1 Å². The zero-order chi connectivity index (χ0) is 19.9. The number of hydrogen-bond donors (Lipinski definition) is 1. The van der Waals surface area contributed by atoms with E-state index in [4.69, 9.17) is 9.47 Å². The van der Waals surface area contributed by atoms with E-state index in [9.17, 15) is 22.8 Å². The van der Waals surface area contributed by atoms with E-state index in [1.165, 1.54) is 25.3 Å². The molecular formula is C19H16F3NO4. The Morgan fingerprint density at radius 3 is 2.56 bits per heavy atom. The Morgan fingerprint density at radius 1 is 1.11 bits per heavy atom. The maximum absolute atomic E-state index is 12.9. The second kappa shape index (κ2) is 8.88. The molecule has 1 amide bonds. The molecular weight excluding hydrogens is 363 g/mol. The molecule has 2 aromatic rings. The van der Waals surface area contributed by atoms with Crippen molar-refractivity contribution in [3.8, 4) is 5.75 Å². The topological polar surface area (TPSA) is 64.6 Å². The minimum atomic E-state index is -4.61. The molecule has 1 N–H and O–H groups in total. The number of carbonyl (C=O) groups is 2. The number of halogens is 3. The van der Waals surface area contributed by atoms with Gasteiger partial charge in [0.25, 0.3) is 5.91 Å². The Hall–Kier alpha value is -3.29. The highest BCUT2D eigenvalue weighted by Gasteiger charge is 2.33. The lowest BCUT2D eigenvalue weighted by molar-refractivity contribution is -0.142. The van der Waals surface area contributed by atoms with Crippen LogP contribution in [0.2, 0.25) is 0 Å². The molecule has 27 heavy (non-hydrogen) atoms. The highest BCUT2D eigenvalue weighted by Crippen LogP contribution is 2.34. The van der Waals surface area contributed by atoms with Crippen LogP contribution in [0.3, 0.4) is 0 Å². The summed E-state index contributed by atoms with van der Waals surface area (Å²) in [6.07, 6.45) is -2.05. The van der Waals surface area contributed by atoms with Crippen LogP contribution in [0.4, 0.5) is 18.9 Å². The number of benzene rings is 2. The molecule has 0 saturated heterocycles. The molecule has 0 bridgehead atoms. The Morgan fingerprint density at radius 2 is 1.85 bits per heavy atom. The van der Waals surface area contributed by atoms with Gasteiger partial charge in [-0.3, -0.25) is 4.79 Å². The number of para-hydroxylation sites is 1. The van der Waals surface area contributed by atoms with E-state index < -0.39 is 35.9 Å². The number of methoxy groups -OCH3 is 1. The van der Waals surface area contributed by atoms with Crippen molar-refractivity contribution in [3.63, 3.8) is 0 Å². The number of anilines is 1. The lowest BCUT2D eigenvalue weighted by Gasteiger charge is -2.13. The van der Waals surface area contributed by atoms with Gasteiger partial charge in [-0.2, -0.15) is 13.2 Å². The van der Waals surface area contributed by atoms with Crippen molar-refractivity contribution in [2.75, 3.05) is 19.0 Å². The predicted octanol–water partition coefficient (Wildman–Crippen LogP) is 3.91. The largest absolute Gasteiger partial charge is 0.497 e. The van der Waals surface area contributed by atoms with Crippen molar-refractivity contribution in [2.45, 2.75) is 6.18 Å². The van der Waals surface area contributed by atoms with E-state index in [0.717, 1.165) is 18.2 Å². The van der Waals surface area contributed by atoms with Crippen LogP contribution >= 0.6 is 0 Å². The number of amides is 1. The fourth-order valence-electron chi connectivity index (χ4n) is 2.12. The average Bonchev–Trinajstić information content (AvgIpc) is 2.64. The van der Waals surface area contributed by atoms with Gasteiger partial charge in [-0.25, -0.2) is 4.79 Å². The molecule has 0 saturated carbocycles. The fourth-order valence-corrected chi connectivity index (χ4v) is 2.12. The molecule has 8 heteroatoms. The van der Waals surface area contributed by atoms with Gasteiger partial charge in [-0.05, 0) is 35.9 Å². The standard InChI is InChI=1S/C19H16F3NO4/c1-26-14-6-4-5-13(11-14)9-10-18(25)27-12-17(24)23-16-8-3-2-7-15(16)19(20,21)22/h2-11H,12H2,1H3,(H,23,24). The van der Waals surface area contributed by atoms with Crippen molar-refractivity contribution in [3.05, 3.63) is 65.7 Å². The zero-order valence-electron chi connectivity index (χ0n) is 14.2. The normalized spacial score (nSPS) is 11.3. The third-order valence-electron chi connectivity index (χ3n) is 3.36. The number of esters is 1. The molecule has 0 radical (unpaired) electrons. The molecule has 0 aliphatic rings. The maximum Gasteiger partial charge on any atom is 0.418 e. The van der Waals surface area contributed by atoms with Crippen molar-refractivity contribution < 1.29 is 32.2 Å². The Kier molecular flexibility index (Phi) is 6.59. The van der Waals surface area contributed by atoms with Gasteiger partial charge in [-0.1, -0.05) is 24.3 Å². The summed E-state index contributed by atoms with van der Waals surface area (Å²) in [5, 5.41) is 2.08. The van der Waals surface area contributed by atoms with Crippen LogP contribution in [-0.4, -0.2) is 25.6 Å². The molecule has 142 valence electrons. The van der Waals surface area contributed by atoms with Crippen LogP contribution in [0.5, 0.6) is 5.75 Å². The second-order valence-corrected chi connectivity index (χ2v) is 5.31. The minimum Gasteiger partial charge on any atom is -0.497 e. The van der Waals surface area contributed by atoms with Gasteiger partial charge < -0.3 is 14.8 Å². The maximum atomic E-state index is 12.9. The van der Waals surface area contributed by atoms with Crippen LogP contribution in [0, 0.1) is 0 Å². The summed E-state index contributed by atoms with van der Waals surface area (Å²) >= 11 is 0. The highest BCUT2D eigenvalue weighted by molar-refractivity contribution is 5.95. The molecule has 0 aliphatic carbocycles. The van der Waals surface area contributed by atoms with Crippen LogP contribution in [-0.2, 0) is 20.5 Å². The van der Waals surface area contributed by atoms with E-state index in [1.807, 2.05) is 0 Å². The van der Waals surface area contributed by atoms with Crippen LogP contribution in [0.15, 0.2) is 54.6 Å². The summed E-state index contributed by atoms with van der Waals surface area (Å²) in [5.74, 6) is -1.08. The van der Waals surface area contributed by atoms with Gasteiger partial charge in [0, 0.05) is 6.08 Å². The first-order valence-corrected chi connectivity index (χ1v) is 7.74. The van der Waals surface area contributed by atoms with Crippen LogP contribution in [0.1, 0.15) is 11.1 Å². The van der Waals surface area contributed by atoms with Crippen LogP contribution in [0.25, 0.3) is 6.08 Å². The van der Waals surface area contributed by atoms with E-state index in [2.05, 4.69) is 5.32 Å². The summed E-state index contributed by atoms with van der Waals surface area (Å²) in [6, 6.07) is 11.4. The molecule has 0 aromatic heterocycles. The summed E-state index contributed by atoms with van der Waals surface area (Å²) in [7, 11) is 1.51. The van der Waals surface area contributed by atoms with Gasteiger partial charge in [0.2, 0.25) is 0 Å². The molecule has 0 unspecified atom stereocenters. The third kappa shape index (κ3) is 6.18. The van der Waals surface area contributed by atoms with Gasteiger partial charge in [0.15, 0.2) is 6.61 Å². The molecule has 0 spiro atoms. The first kappa shape index (κ1) is 20.0. The monoisotopic (exact) mass is 379 g/mol. The summed E-state index contributed by atoms with van der Waals surface area (Å²) < 4.78 is 48.4. The minimum absolute atomic E-state index is 0.405. The van der Waals surface area contributed by atoms with Crippen LogP contribution < -0.4 is 10.1 Å². The first-order valence-electron chi connectivity index (χ1n) is 7.74. The number of rotatable bonds is 6. The fraction of sp³-hybridized carbons (Fsp3) is 0.158. The Labute approximate surface area is 153 Å². The predicted molar refractivity (Wildman–Crippen MR) is 93.1 cm³/mol. The number of nitrogens with one attached hydrogen (secondary N) is 1. The molecule has 0 heterocycles. The number of carbonyl (C=O) groups excluding carboxylic acids is 2.